The molecule has 8 aromatic carbocycles. The number of aromatic nitrogens is 1. The molecule has 254 valence electrons. The number of furan rings is 2. The van der Waals surface area contributed by atoms with Crippen LogP contribution in [0.25, 0.3) is 88.7 Å². The van der Waals surface area contributed by atoms with E-state index < -0.39 is 0 Å². The lowest BCUT2D eigenvalue weighted by Crippen LogP contribution is -2.09. The van der Waals surface area contributed by atoms with Crippen LogP contribution in [0.2, 0.25) is 0 Å². The number of fused-ring (bicyclic) bond motifs is 7. The Labute approximate surface area is 309 Å². The number of para-hydroxylation sites is 1. The van der Waals surface area contributed by atoms with Gasteiger partial charge in [-0.25, -0.2) is 4.98 Å². The molecule has 0 bridgehead atoms. The quantitative estimate of drug-likeness (QED) is 0.173. The first kappa shape index (κ1) is 30.3. The lowest BCUT2D eigenvalue weighted by Gasteiger charge is -2.26. The first-order valence-corrected chi connectivity index (χ1v) is 18.0. The molecule has 0 radical (unpaired) electrons. The van der Waals surface area contributed by atoms with Crippen molar-refractivity contribution >= 4 is 72.0 Å². The number of benzene rings is 8. The van der Waals surface area contributed by atoms with Crippen LogP contribution in [-0.4, -0.2) is 4.98 Å². The molecule has 3 aromatic heterocycles. The fourth-order valence-corrected chi connectivity index (χ4v) is 7.72. The van der Waals surface area contributed by atoms with Gasteiger partial charge in [0.05, 0.1) is 0 Å². The summed E-state index contributed by atoms with van der Waals surface area (Å²) in [4.78, 5) is 7.09. The Balaban J connectivity index is 1.02. The topological polar surface area (TPSA) is 55.6 Å². The molecule has 5 nitrogen and oxygen atoms in total. The van der Waals surface area contributed by atoms with E-state index in [2.05, 4.69) is 126 Å². The molecule has 0 saturated heterocycles. The molecule has 0 unspecified atom stereocenters. The van der Waals surface area contributed by atoms with Crippen molar-refractivity contribution < 1.29 is 13.3 Å². The predicted octanol–water partition coefficient (Wildman–Crippen LogP) is 14.1. The molecule has 0 spiro atoms. The summed E-state index contributed by atoms with van der Waals surface area (Å²) in [6, 6.07) is 62.9. The number of hydrogen-bond donors (Lipinski definition) is 0. The highest BCUT2D eigenvalue weighted by molar-refractivity contribution is 6.13. The minimum Gasteiger partial charge on any atom is -0.456 e. The number of hydrogen-bond acceptors (Lipinski definition) is 5. The third-order valence-electron chi connectivity index (χ3n) is 10.3. The molecule has 5 heteroatoms. The highest BCUT2D eigenvalue weighted by Gasteiger charge is 2.19. The monoisotopic (exact) mass is 694 g/mol. The van der Waals surface area contributed by atoms with Crippen LogP contribution in [0, 0.1) is 0 Å². The average molecular weight is 695 g/mol. The van der Waals surface area contributed by atoms with Crippen molar-refractivity contribution in [3.05, 3.63) is 182 Å². The zero-order chi connectivity index (χ0) is 35.6. The highest BCUT2D eigenvalue weighted by Crippen LogP contribution is 2.42. The van der Waals surface area contributed by atoms with E-state index in [0.29, 0.717) is 11.5 Å². The van der Waals surface area contributed by atoms with Crippen LogP contribution < -0.4 is 4.90 Å². The summed E-state index contributed by atoms with van der Waals surface area (Å²) in [7, 11) is 0. The molecule has 3 heterocycles. The zero-order valence-corrected chi connectivity index (χ0v) is 28.9. The smallest absolute Gasteiger partial charge is 0.227 e. The number of nitrogens with zero attached hydrogens (tertiary/aromatic N) is 2. The summed E-state index contributed by atoms with van der Waals surface area (Å²) < 4.78 is 18.9. The third-order valence-corrected chi connectivity index (χ3v) is 10.3. The van der Waals surface area contributed by atoms with Crippen molar-refractivity contribution in [2.45, 2.75) is 0 Å². The predicted molar refractivity (Wildman–Crippen MR) is 220 cm³/mol. The Morgan fingerprint density at radius 1 is 0.352 bits per heavy atom. The van der Waals surface area contributed by atoms with Crippen molar-refractivity contribution in [3.8, 4) is 33.7 Å². The minimum atomic E-state index is 0.597. The fourth-order valence-electron chi connectivity index (χ4n) is 7.72. The van der Waals surface area contributed by atoms with Gasteiger partial charge in [0.1, 0.15) is 27.8 Å². The molecule has 0 aliphatic heterocycles. The van der Waals surface area contributed by atoms with Crippen molar-refractivity contribution in [1.82, 2.24) is 4.98 Å². The largest absolute Gasteiger partial charge is 0.456 e. The second kappa shape index (κ2) is 12.1. The van der Waals surface area contributed by atoms with Gasteiger partial charge in [0.2, 0.25) is 5.89 Å². The fraction of sp³-hybridized carbons (Fsp3) is 0. The van der Waals surface area contributed by atoms with Crippen LogP contribution in [-0.2, 0) is 0 Å². The van der Waals surface area contributed by atoms with Crippen LogP contribution in [0.15, 0.2) is 195 Å². The van der Waals surface area contributed by atoms with Gasteiger partial charge in [0.25, 0.3) is 0 Å². The molecule has 11 rings (SSSR count). The number of oxazole rings is 1. The molecule has 0 fully saturated rings. The Hall–Kier alpha value is -7.37. The van der Waals surface area contributed by atoms with Crippen LogP contribution >= 0.6 is 0 Å². The maximum absolute atomic E-state index is 6.54. The Morgan fingerprint density at radius 3 is 1.74 bits per heavy atom. The van der Waals surface area contributed by atoms with E-state index in [1.807, 2.05) is 60.7 Å². The van der Waals surface area contributed by atoms with Gasteiger partial charge in [0.15, 0.2) is 5.58 Å². The maximum atomic E-state index is 6.54. The van der Waals surface area contributed by atoms with Crippen LogP contribution in [0.5, 0.6) is 0 Å². The summed E-state index contributed by atoms with van der Waals surface area (Å²) in [6.45, 7) is 0. The normalized spacial score (nSPS) is 11.7. The number of rotatable bonds is 6. The first-order valence-electron chi connectivity index (χ1n) is 18.0. The summed E-state index contributed by atoms with van der Waals surface area (Å²) in [5, 5.41) is 4.27. The van der Waals surface area contributed by atoms with Gasteiger partial charge in [-0.3, -0.25) is 0 Å². The average Bonchev–Trinajstić information content (AvgIpc) is 3.94. The van der Waals surface area contributed by atoms with E-state index in [4.69, 9.17) is 18.2 Å². The zero-order valence-electron chi connectivity index (χ0n) is 28.9. The molecule has 0 aliphatic rings. The molecule has 54 heavy (non-hydrogen) atoms. The lowest BCUT2D eigenvalue weighted by molar-refractivity contribution is 0.617. The number of anilines is 3. The minimum absolute atomic E-state index is 0.597. The summed E-state index contributed by atoms with van der Waals surface area (Å²) in [5.41, 5.74) is 13.4. The van der Waals surface area contributed by atoms with Crippen molar-refractivity contribution in [3.63, 3.8) is 0 Å². The second-order valence-electron chi connectivity index (χ2n) is 13.6. The van der Waals surface area contributed by atoms with Gasteiger partial charge in [0, 0.05) is 56.3 Å². The SMILES string of the molecule is c1ccc(-c2ccc(N(c3ccc(-c4cccc5oc6ccccc6c45)cc3)c3ccc4c(c3)oc3cc5oc(-c6ccccc6)nc5cc34)cc2)cc1. The van der Waals surface area contributed by atoms with Gasteiger partial charge < -0.3 is 18.2 Å². The van der Waals surface area contributed by atoms with Gasteiger partial charge in [-0.15, -0.1) is 0 Å². The molecule has 11 aromatic rings. The van der Waals surface area contributed by atoms with Crippen molar-refractivity contribution in [2.75, 3.05) is 4.90 Å². The Kier molecular flexibility index (Phi) is 6.79. The van der Waals surface area contributed by atoms with Crippen LogP contribution in [0.4, 0.5) is 17.1 Å². The molecule has 0 amide bonds. The molecular weight excluding hydrogens is 665 g/mol. The van der Waals surface area contributed by atoms with E-state index in [1.54, 1.807) is 0 Å². The van der Waals surface area contributed by atoms with Crippen LogP contribution in [0.3, 0.4) is 0 Å². The molecule has 0 N–H and O–H groups in total. The lowest BCUT2D eigenvalue weighted by atomic mass is 9.99. The van der Waals surface area contributed by atoms with Gasteiger partial charge >= 0.3 is 0 Å². The van der Waals surface area contributed by atoms with Gasteiger partial charge in [-0.2, -0.15) is 0 Å². The van der Waals surface area contributed by atoms with E-state index in [0.717, 1.165) is 88.7 Å². The summed E-state index contributed by atoms with van der Waals surface area (Å²) in [6.07, 6.45) is 0. The molecular formula is C49H30N2O3. The molecule has 0 aliphatic carbocycles. The summed E-state index contributed by atoms with van der Waals surface area (Å²) in [5.74, 6) is 0.597. The van der Waals surface area contributed by atoms with Crippen LogP contribution in [0.1, 0.15) is 0 Å². The Bertz CT molecular complexity index is 3140. The van der Waals surface area contributed by atoms with E-state index in [-0.39, 0.29) is 0 Å². The third kappa shape index (κ3) is 4.98. The van der Waals surface area contributed by atoms with Gasteiger partial charge in [-0.1, -0.05) is 103 Å². The van der Waals surface area contributed by atoms with Crippen molar-refractivity contribution in [2.24, 2.45) is 0 Å². The molecule has 0 atom stereocenters. The maximum Gasteiger partial charge on any atom is 0.227 e. The second-order valence-corrected chi connectivity index (χ2v) is 13.6. The Morgan fingerprint density at radius 2 is 0.963 bits per heavy atom. The van der Waals surface area contributed by atoms with E-state index in [1.165, 1.54) is 5.56 Å². The van der Waals surface area contributed by atoms with E-state index in [9.17, 15) is 0 Å². The highest BCUT2D eigenvalue weighted by atomic mass is 16.4. The molecule has 0 saturated carbocycles. The summed E-state index contributed by atoms with van der Waals surface area (Å²) >= 11 is 0. The van der Waals surface area contributed by atoms with Gasteiger partial charge in [-0.05, 0) is 89.0 Å². The standard InChI is InChI=1S/C49H30N2O3/c1-3-10-31(11-4-1)32-18-22-35(23-19-32)51(36-24-20-33(21-25-36)38-15-9-17-44-48(38)40-14-7-8-16-43(40)52-44)37-26-27-39-41-29-42-47(30-46(41)53-45(39)28-37)54-49(50-42)34-12-5-2-6-13-34/h1-30H. The van der Waals surface area contributed by atoms with E-state index >= 15 is 0 Å². The van der Waals surface area contributed by atoms with Crippen molar-refractivity contribution in [1.29, 1.82) is 0 Å². The first-order chi connectivity index (χ1) is 26.7.